The van der Waals surface area contributed by atoms with Crippen molar-refractivity contribution in [1.82, 2.24) is 4.31 Å². The summed E-state index contributed by atoms with van der Waals surface area (Å²) in [7, 11) is -3.54. The van der Waals surface area contributed by atoms with Crippen molar-refractivity contribution in [2.45, 2.75) is 30.1 Å². The average Bonchev–Trinajstić information content (AvgIpc) is 3.21. The molecule has 5 nitrogen and oxygen atoms in total. The Morgan fingerprint density at radius 3 is 2.54 bits per heavy atom. The van der Waals surface area contributed by atoms with Crippen LogP contribution in [0.4, 0.5) is 0 Å². The lowest BCUT2D eigenvalue weighted by Gasteiger charge is -2.17. The molecule has 0 amide bonds. The van der Waals surface area contributed by atoms with E-state index < -0.39 is 10.0 Å². The molecule has 1 fully saturated rings. The van der Waals surface area contributed by atoms with Crippen molar-refractivity contribution < 1.29 is 13.2 Å². The first kappa shape index (κ1) is 15.8. The molecule has 0 unspecified atom stereocenters. The summed E-state index contributed by atoms with van der Waals surface area (Å²) in [4.78, 5) is 0.327. The lowest BCUT2D eigenvalue weighted by Crippen LogP contribution is -2.32. The first-order chi connectivity index (χ1) is 11.6. The van der Waals surface area contributed by atoms with Gasteiger partial charge in [0.25, 0.3) is 0 Å². The van der Waals surface area contributed by atoms with Crippen LogP contribution < -0.4 is 5.73 Å². The van der Waals surface area contributed by atoms with E-state index in [1.54, 1.807) is 12.1 Å². The van der Waals surface area contributed by atoms with Gasteiger partial charge in [-0.05, 0) is 28.8 Å². The van der Waals surface area contributed by atoms with Gasteiger partial charge in [-0.2, -0.15) is 4.31 Å². The van der Waals surface area contributed by atoms with Crippen molar-refractivity contribution in [3.8, 4) is 0 Å². The Morgan fingerprint density at radius 2 is 1.75 bits per heavy atom. The van der Waals surface area contributed by atoms with E-state index in [0.29, 0.717) is 31.2 Å². The second kappa shape index (κ2) is 5.97. The maximum Gasteiger partial charge on any atom is 0.243 e. The quantitative estimate of drug-likeness (QED) is 0.922. The normalized spacial score (nSPS) is 24.2. The molecule has 24 heavy (non-hydrogen) atoms. The van der Waals surface area contributed by atoms with Crippen LogP contribution in [0.15, 0.2) is 53.4 Å². The summed E-state index contributed by atoms with van der Waals surface area (Å²) >= 11 is 0. The van der Waals surface area contributed by atoms with Gasteiger partial charge >= 0.3 is 0 Å². The number of ether oxygens (including phenoxy) is 1. The predicted octanol–water partition coefficient (Wildman–Crippen LogP) is 1.83. The minimum atomic E-state index is -3.54. The predicted molar refractivity (Wildman–Crippen MR) is 90.9 cm³/mol. The monoisotopic (exact) mass is 344 g/mol. The Balaban J connectivity index is 1.61. The fourth-order valence-electron chi connectivity index (χ4n) is 3.50. The standard InChI is InChI=1S/C18H20N2O3S/c19-18-10-20(9-17(18)13-4-2-1-3-5-13)24(21,22)16-7-6-14-11-23-12-15(14)8-16/h1-8,17-18H,9-12,19H2/t17-,18+/m0/s1. The molecule has 2 aliphatic heterocycles. The summed E-state index contributed by atoms with van der Waals surface area (Å²) < 4.78 is 32.9. The second-order valence-corrected chi connectivity index (χ2v) is 8.36. The molecule has 2 aromatic carbocycles. The number of fused-ring (bicyclic) bond motifs is 1. The minimum absolute atomic E-state index is 0.0266. The molecule has 0 radical (unpaired) electrons. The molecule has 0 bridgehead atoms. The number of hydrogen-bond donors (Lipinski definition) is 1. The van der Waals surface area contributed by atoms with Crippen LogP contribution in [0.5, 0.6) is 0 Å². The van der Waals surface area contributed by atoms with Crippen LogP contribution in [0.3, 0.4) is 0 Å². The van der Waals surface area contributed by atoms with E-state index in [1.807, 2.05) is 36.4 Å². The lowest BCUT2D eigenvalue weighted by atomic mass is 9.95. The van der Waals surface area contributed by atoms with Gasteiger partial charge < -0.3 is 10.5 Å². The van der Waals surface area contributed by atoms with Crippen molar-refractivity contribution in [3.05, 3.63) is 65.2 Å². The molecule has 0 saturated carbocycles. The summed E-state index contributed by atoms with van der Waals surface area (Å²) in [6.45, 7) is 1.79. The zero-order valence-corrected chi connectivity index (χ0v) is 14.1. The Morgan fingerprint density at radius 1 is 1.00 bits per heavy atom. The Bertz CT molecular complexity index is 852. The highest BCUT2D eigenvalue weighted by molar-refractivity contribution is 7.89. The lowest BCUT2D eigenvalue weighted by molar-refractivity contribution is 0.134. The highest BCUT2D eigenvalue weighted by atomic mass is 32.2. The van der Waals surface area contributed by atoms with Crippen molar-refractivity contribution in [2.75, 3.05) is 13.1 Å². The average molecular weight is 344 g/mol. The fourth-order valence-corrected chi connectivity index (χ4v) is 5.05. The van der Waals surface area contributed by atoms with E-state index in [1.165, 1.54) is 4.31 Å². The van der Waals surface area contributed by atoms with E-state index in [-0.39, 0.29) is 12.0 Å². The van der Waals surface area contributed by atoms with Gasteiger partial charge in [0.1, 0.15) is 0 Å². The fraction of sp³-hybridized carbons (Fsp3) is 0.333. The van der Waals surface area contributed by atoms with Gasteiger partial charge in [0, 0.05) is 25.0 Å². The highest BCUT2D eigenvalue weighted by Gasteiger charge is 2.38. The first-order valence-electron chi connectivity index (χ1n) is 8.06. The third-order valence-corrected chi connectivity index (χ3v) is 6.72. The Labute approximate surface area is 142 Å². The number of hydrogen-bond acceptors (Lipinski definition) is 4. The molecule has 2 aliphatic rings. The SMILES string of the molecule is N[C@@H]1CN(S(=O)(=O)c2ccc3c(c2)COC3)C[C@H]1c1ccccc1. The van der Waals surface area contributed by atoms with E-state index in [4.69, 9.17) is 10.5 Å². The number of rotatable bonds is 3. The molecule has 0 aromatic heterocycles. The van der Waals surface area contributed by atoms with Gasteiger partial charge in [0.2, 0.25) is 10.0 Å². The number of benzene rings is 2. The Hall–Kier alpha value is -1.73. The molecule has 2 atom stereocenters. The van der Waals surface area contributed by atoms with Gasteiger partial charge in [-0.3, -0.25) is 0 Å². The molecular weight excluding hydrogens is 324 g/mol. The molecule has 1 saturated heterocycles. The number of nitrogens with zero attached hydrogens (tertiary/aromatic N) is 1. The minimum Gasteiger partial charge on any atom is -0.372 e. The highest BCUT2D eigenvalue weighted by Crippen LogP contribution is 2.31. The van der Waals surface area contributed by atoms with E-state index >= 15 is 0 Å². The van der Waals surface area contributed by atoms with E-state index in [2.05, 4.69) is 0 Å². The van der Waals surface area contributed by atoms with E-state index in [9.17, 15) is 8.42 Å². The van der Waals surface area contributed by atoms with Crippen molar-refractivity contribution in [1.29, 1.82) is 0 Å². The van der Waals surface area contributed by atoms with Crippen molar-refractivity contribution in [3.63, 3.8) is 0 Å². The van der Waals surface area contributed by atoms with Crippen molar-refractivity contribution >= 4 is 10.0 Å². The topological polar surface area (TPSA) is 72.6 Å². The van der Waals surface area contributed by atoms with Crippen LogP contribution >= 0.6 is 0 Å². The molecule has 2 heterocycles. The molecule has 6 heteroatoms. The number of nitrogens with two attached hydrogens (primary N) is 1. The summed E-state index contributed by atoms with van der Waals surface area (Å²) in [5, 5.41) is 0. The zero-order chi connectivity index (χ0) is 16.7. The molecular formula is C18H20N2O3S. The van der Waals surface area contributed by atoms with Crippen LogP contribution in [-0.4, -0.2) is 31.9 Å². The van der Waals surface area contributed by atoms with Crippen LogP contribution in [-0.2, 0) is 28.0 Å². The molecule has 0 aliphatic carbocycles. The van der Waals surface area contributed by atoms with Crippen LogP contribution in [0.25, 0.3) is 0 Å². The second-order valence-electron chi connectivity index (χ2n) is 6.43. The van der Waals surface area contributed by atoms with Gasteiger partial charge in [0.15, 0.2) is 0 Å². The number of sulfonamides is 1. The summed E-state index contributed by atoms with van der Waals surface area (Å²) in [5.41, 5.74) is 9.35. The van der Waals surface area contributed by atoms with Crippen LogP contribution in [0, 0.1) is 0 Å². The van der Waals surface area contributed by atoms with Gasteiger partial charge in [-0.25, -0.2) is 8.42 Å². The molecule has 4 rings (SSSR count). The maximum absolute atomic E-state index is 13.0. The smallest absolute Gasteiger partial charge is 0.243 e. The van der Waals surface area contributed by atoms with Gasteiger partial charge in [-0.15, -0.1) is 0 Å². The molecule has 126 valence electrons. The molecule has 2 aromatic rings. The summed E-state index contributed by atoms with van der Waals surface area (Å²) in [6.07, 6.45) is 0. The largest absolute Gasteiger partial charge is 0.372 e. The van der Waals surface area contributed by atoms with Crippen molar-refractivity contribution in [2.24, 2.45) is 5.73 Å². The Kier molecular flexibility index (Phi) is 3.92. The molecule has 0 spiro atoms. The van der Waals surface area contributed by atoms with E-state index in [0.717, 1.165) is 16.7 Å². The van der Waals surface area contributed by atoms with Gasteiger partial charge in [0.05, 0.1) is 18.1 Å². The van der Waals surface area contributed by atoms with Gasteiger partial charge in [-0.1, -0.05) is 36.4 Å². The van der Waals surface area contributed by atoms with Crippen LogP contribution in [0.1, 0.15) is 22.6 Å². The van der Waals surface area contributed by atoms with Crippen LogP contribution in [0.2, 0.25) is 0 Å². The summed E-state index contributed by atoms with van der Waals surface area (Å²) in [5.74, 6) is 0.0266. The third-order valence-electron chi connectivity index (χ3n) is 4.89. The maximum atomic E-state index is 13.0. The zero-order valence-electron chi connectivity index (χ0n) is 13.3. The third kappa shape index (κ3) is 2.65. The summed E-state index contributed by atoms with van der Waals surface area (Å²) in [6, 6.07) is 14.9. The molecule has 2 N–H and O–H groups in total. The first-order valence-corrected chi connectivity index (χ1v) is 9.50.